The summed E-state index contributed by atoms with van der Waals surface area (Å²) < 4.78 is 69.6. The number of nitrogens with zero attached hydrogens (tertiary/aromatic N) is 6. The van der Waals surface area contributed by atoms with Gasteiger partial charge in [-0.2, -0.15) is 4.98 Å². The first-order valence-corrected chi connectivity index (χ1v) is 24.1. The van der Waals surface area contributed by atoms with E-state index in [-0.39, 0.29) is 27.8 Å². The second kappa shape index (κ2) is 22.0. The topological polar surface area (TPSA) is 299 Å². The number of anilines is 6. The van der Waals surface area contributed by atoms with E-state index >= 15 is 0 Å². The summed E-state index contributed by atoms with van der Waals surface area (Å²) in [4.78, 5) is 23.0. The van der Waals surface area contributed by atoms with Crippen LogP contribution in [0.3, 0.4) is 0 Å². The molecule has 5 unspecified atom stereocenters. The van der Waals surface area contributed by atoms with Crippen molar-refractivity contribution in [1.29, 1.82) is 0 Å². The van der Waals surface area contributed by atoms with Gasteiger partial charge in [0, 0.05) is 65.3 Å². The molecule has 1 saturated heterocycles. The highest BCUT2D eigenvalue weighted by molar-refractivity contribution is 7.89. The first-order chi connectivity index (χ1) is 34.0. The highest BCUT2D eigenvalue weighted by Crippen LogP contribution is 2.46. The maximum absolute atomic E-state index is 13.5. The van der Waals surface area contributed by atoms with Crippen molar-refractivity contribution < 1.29 is 51.5 Å². The van der Waals surface area contributed by atoms with Crippen LogP contribution in [0.1, 0.15) is 67.7 Å². The van der Waals surface area contributed by atoms with E-state index < -0.39 is 59.1 Å². The molecule has 0 bridgehead atoms. The zero-order valence-corrected chi connectivity index (χ0v) is 38.6. The molecular weight excluding hydrogens is 952 g/mol. The normalized spacial score (nSPS) is 19.2. The van der Waals surface area contributed by atoms with E-state index in [9.17, 15) is 46.8 Å². The highest BCUT2D eigenvalue weighted by atomic mass is 32.2. The van der Waals surface area contributed by atoms with Crippen LogP contribution in [0.25, 0.3) is 11.3 Å². The standard InChI is InChI=1S/C46H52F3N13O8S/c47-46(48,49)70-37-17-15-30(56-45(67)55-28-13-11-27(12-14-28)25-53-38-19-21-52-44(57-38)54-29-7-5-8-31(23-29)71(50,68)69)24-33(37)35-26-61(60-59-35)22-4-2-1-3-20-51-34-10-6-9-32-40(34)43(66)62(42(32)65)36-16-18-39(63)58-41(36)64/h5-15,17,19,21,23-24,26,36,39,41-43,51,58,63-66H,1-4,16,18,20,22,25H2,(H2,50,68,69)(H2,55,56,67)(H2,52,53,54,57). The van der Waals surface area contributed by atoms with E-state index in [0.717, 1.165) is 30.9 Å². The number of piperidine rings is 1. The van der Waals surface area contributed by atoms with Crippen LogP contribution in [0.4, 0.5) is 52.5 Å². The number of alkyl halides is 3. The number of halogens is 3. The molecule has 0 aliphatic carbocycles. The number of fused-ring (bicyclic) bond motifs is 1. The molecule has 4 aromatic carbocycles. The van der Waals surface area contributed by atoms with Crippen molar-refractivity contribution in [1.82, 2.24) is 35.2 Å². The van der Waals surface area contributed by atoms with Gasteiger partial charge >= 0.3 is 12.4 Å². The lowest BCUT2D eigenvalue weighted by atomic mass is 10.0. The van der Waals surface area contributed by atoms with Gasteiger partial charge in [-0.1, -0.05) is 48.4 Å². The summed E-state index contributed by atoms with van der Waals surface area (Å²) in [7, 11) is -3.90. The number of urea groups is 1. The Hall–Kier alpha value is -6.97. The summed E-state index contributed by atoms with van der Waals surface area (Å²) in [5, 5.41) is 73.6. The number of aliphatic hydroxyl groups is 4. The van der Waals surface area contributed by atoms with Gasteiger partial charge in [0.2, 0.25) is 16.0 Å². The molecule has 71 heavy (non-hydrogen) atoms. The number of hydrogen-bond acceptors (Lipinski definition) is 17. The van der Waals surface area contributed by atoms with E-state index in [2.05, 4.69) is 56.9 Å². The van der Waals surface area contributed by atoms with Gasteiger partial charge in [0.15, 0.2) is 0 Å². The molecule has 376 valence electrons. The lowest BCUT2D eigenvalue weighted by Crippen LogP contribution is -2.57. The Bertz CT molecular complexity index is 2920. The summed E-state index contributed by atoms with van der Waals surface area (Å²) in [6.45, 7) is 1.35. The first-order valence-electron chi connectivity index (χ1n) is 22.5. The fourth-order valence-electron chi connectivity index (χ4n) is 8.36. The number of amides is 2. The van der Waals surface area contributed by atoms with Gasteiger partial charge in [0.25, 0.3) is 0 Å². The molecule has 5 atom stereocenters. The van der Waals surface area contributed by atoms with Crippen LogP contribution in [0.15, 0.2) is 108 Å². The fourth-order valence-corrected chi connectivity index (χ4v) is 8.92. The van der Waals surface area contributed by atoms with Crippen LogP contribution >= 0.6 is 0 Å². The molecule has 6 aromatic rings. The lowest BCUT2D eigenvalue weighted by Gasteiger charge is -2.40. The van der Waals surface area contributed by atoms with Crippen LogP contribution in [0, 0.1) is 0 Å². The molecule has 4 heterocycles. The van der Waals surface area contributed by atoms with Gasteiger partial charge in [0.1, 0.15) is 42.2 Å². The molecule has 25 heteroatoms. The number of nitrogens with one attached hydrogen (secondary N) is 6. The van der Waals surface area contributed by atoms with Crippen molar-refractivity contribution in [3.05, 3.63) is 120 Å². The largest absolute Gasteiger partial charge is 0.573 e. The zero-order valence-electron chi connectivity index (χ0n) is 37.8. The Balaban J connectivity index is 0.799. The number of benzene rings is 4. The van der Waals surface area contributed by atoms with E-state index in [1.54, 1.807) is 48.5 Å². The Labute approximate surface area is 405 Å². The first kappa shape index (κ1) is 50.4. The molecule has 2 aromatic heterocycles. The van der Waals surface area contributed by atoms with Gasteiger partial charge in [-0.05, 0) is 91.9 Å². The SMILES string of the molecule is NS(=O)(=O)c1cccc(Nc2nccc(NCc3ccc(NC(=O)Nc4ccc(OC(F)(F)F)c(-c5cn(CCCCCCNc6cccc7c6C(O)N(C6CCC(O)NC6O)C7O)nn5)c4)cc3)n2)c1. The van der Waals surface area contributed by atoms with Crippen LogP contribution in [0.5, 0.6) is 5.75 Å². The van der Waals surface area contributed by atoms with E-state index in [1.807, 2.05) is 6.07 Å². The third-order valence-electron chi connectivity index (χ3n) is 11.8. The minimum Gasteiger partial charge on any atom is -0.405 e. The lowest BCUT2D eigenvalue weighted by molar-refractivity contribution is -0.274. The smallest absolute Gasteiger partial charge is 0.405 e. The number of aliphatic hydroxyl groups excluding tert-OH is 4. The molecule has 12 N–H and O–H groups in total. The van der Waals surface area contributed by atoms with Crippen LogP contribution in [-0.4, -0.2) is 96.1 Å². The molecule has 8 rings (SSSR count). The average Bonchev–Trinajstić information content (AvgIpc) is 3.90. The fraction of sp³-hybridized carbons (Fsp3) is 0.326. The number of aryl methyl sites for hydroxylation is 1. The quantitative estimate of drug-likeness (QED) is 0.0438. The molecular formula is C46H52F3N13O8S. The van der Waals surface area contributed by atoms with Crippen molar-refractivity contribution in [3.63, 3.8) is 0 Å². The van der Waals surface area contributed by atoms with Gasteiger partial charge in [-0.25, -0.2) is 28.2 Å². The molecule has 21 nitrogen and oxygen atoms in total. The summed E-state index contributed by atoms with van der Waals surface area (Å²) in [6.07, 6.45) is -2.48. The van der Waals surface area contributed by atoms with Crippen molar-refractivity contribution in [2.75, 3.05) is 33.1 Å². The third kappa shape index (κ3) is 13.1. The van der Waals surface area contributed by atoms with E-state index in [0.29, 0.717) is 72.9 Å². The number of unbranched alkanes of at least 4 members (excludes halogenated alkanes) is 3. The summed E-state index contributed by atoms with van der Waals surface area (Å²) in [6, 6.07) is 22.2. The number of primary sulfonamides is 1. The predicted molar refractivity (Wildman–Crippen MR) is 255 cm³/mol. The number of aromatic nitrogens is 5. The molecule has 0 saturated carbocycles. The minimum atomic E-state index is -5.00. The van der Waals surface area contributed by atoms with Gasteiger partial charge in [-0.3, -0.25) is 10.00 Å². The molecule has 2 aliphatic heterocycles. The van der Waals surface area contributed by atoms with Crippen molar-refractivity contribution in [2.45, 2.75) is 93.8 Å². The minimum absolute atomic E-state index is 0.0457. The number of rotatable bonds is 19. The molecule has 1 fully saturated rings. The number of nitrogens with two attached hydrogens (primary N) is 1. The van der Waals surface area contributed by atoms with Crippen molar-refractivity contribution in [3.8, 4) is 17.0 Å². The number of ether oxygens (including phenoxy) is 1. The number of sulfonamides is 1. The average molecular weight is 1000 g/mol. The molecule has 0 spiro atoms. The summed E-state index contributed by atoms with van der Waals surface area (Å²) in [5.74, 6) is 0.161. The number of carbonyl (C=O) groups is 1. The predicted octanol–water partition coefficient (Wildman–Crippen LogP) is 5.64. The Kier molecular flexibility index (Phi) is 15.6. The number of hydrogen-bond donors (Lipinski definition) is 11. The molecule has 2 amide bonds. The maximum atomic E-state index is 13.5. The summed E-state index contributed by atoms with van der Waals surface area (Å²) in [5.41, 5.74) is 3.64. The summed E-state index contributed by atoms with van der Waals surface area (Å²) >= 11 is 0. The van der Waals surface area contributed by atoms with Crippen LogP contribution in [-0.2, 0) is 23.1 Å². The second-order valence-corrected chi connectivity index (χ2v) is 18.4. The van der Waals surface area contributed by atoms with E-state index in [1.165, 1.54) is 52.3 Å². The molecule has 2 aliphatic rings. The van der Waals surface area contributed by atoms with E-state index in [4.69, 9.17) is 5.14 Å². The van der Waals surface area contributed by atoms with Crippen molar-refractivity contribution in [2.24, 2.45) is 5.14 Å². The van der Waals surface area contributed by atoms with Crippen molar-refractivity contribution >= 4 is 50.6 Å². The van der Waals surface area contributed by atoms with Crippen LogP contribution < -0.4 is 41.8 Å². The van der Waals surface area contributed by atoms with Gasteiger partial charge < -0.3 is 51.7 Å². The monoisotopic (exact) mass is 1000 g/mol. The molecule has 0 radical (unpaired) electrons. The Morgan fingerprint density at radius 1 is 0.859 bits per heavy atom. The highest BCUT2D eigenvalue weighted by Gasteiger charge is 2.45. The maximum Gasteiger partial charge on any atom is 0.573 e. The second-order valence-electron chi connectivity index (χ2n) is 16.8. The third-order valence-corrected chi connectivity index (χ3v) is 12.7. The Morgan fingerprint density at radius 2 is 1.62 bits per heavy atom. The number of carbonyl (C=O) groups excluding carboxylic acids is 1. The zero-order chi connectivity index (χ0) is 50.3. The van der Waals surface area contributed by atoms with Gasteiger partial charge in [0.05, 0.1) is 17.1 Å². The van der Waals surface area contributed by atoms with Crippen LogP contribution in [0.2, 0.25) is 0 Å². The van der Waals surface area contributed by atoms with Gasteiger partial charge in [-0.15, -0.1) is 18.3 Å². The Morgan fingerprint density at radius 3 is 2.39 bits per heavy atom.